The van der Waals surface area contributed by atoms with Crippen LogP contribution in [0.3, 0.4) is 0 Å². The first kappa shape index (κ1) is 9.86. The number of carboxylic acids is 1. The highest BCUT2D eigenvalue weighted by Crippen LogP contribution is 2.32. The van der Waals surface area contributed by atoms with E-state index in [1.807, 2.05) is 0 Å². The first-order valence-electron chi connectivity index (χ1n) is 4.47. The van der Waals surface area contributed by atoms with Gasteiger partial charge in [0, 0.05) is 11.5 Å². The maximum atomic E-state index is 10.6. The molecular formula is C8H13N3O2. The second-order valence-electron chi connectivity index (χ2n) is 3.46. The predicted molar refractivity (Wildman–Crippen MR) is 47.1 cm³/mol. The molecule has 72 valence electrons. The van der Waals surface area contributed by atoms with Crippen molar-refractivity contribution in [3.8, 4) is 0 Å². The third-order valence-electron chi connectivity index (χ3n) is 2.59. The normalized spacial score (nSPS) is 26.8. The second kappa shape index (κ2) is 4.72. The van der Waals surface area contributed by atoms with E-state index in [2.05, 4.69) is 10.0 Å². The first-order valence-corrected chi connectivity index (χ1v) is 4.47. The van der Waals surface area contributed by atoms with Gasteiger partial charge in [-0.25, -0.2) is 0 Å². The fourth-order valence-electron chi connectivity index (χ4n) is 1.85. The lowest BCUT2D eigenvalue weighted by Gasteiger charge is -2.05. The molecule has 0 radical (unpaired) electrons. The van der Waals surface area contributed by atoms with Gasteiger partial charge in [-0.3, -0.25) is 4.79 Å². The highest BCUT2D eigenvalue weighted by molar-refractivity contribution is 5.70. The van der Waals surface area contributed by atoms with Gasteiger partial charge >= 0.3 is 5.97 Å². The Balaban J connectivity index is 2.24. The molecule has 0 spiro atoms. The van der Waals surface area contributed by atoms with Crippen LogP contribution in [0.1, 0.15) is 25.7 Å². The summed E-state index contributed by atoms with van der Waals surface area (Å²) in [6.45, 7) is 0.494. The lowest BCUT2D eigenvalue weighted by atomic mass is 10.0. The molecule has 0 heterocycles. The van der Waals surface area contributed by atoms with Crippen LogP contribution in [0, 0.1) is 11.8 Å². The Bertz CT molecular complexity index is 236. The van der Waals surface area contributed by atoms with Crippen molar-refractivity contribution in [1.82, 2.24) is 0 Å². The summed E-state index contributed by atoms with van der Waals surface area (Å²) in [7, 11) is 0. The molecule has 0 aromatic carbocycles. The number of azide groups is 1. The van der Waals surface area contributed by atoms with Crippen molar-refractivity contribution >= 4 is 5.97 Å². The van der Waals surface area contributed by atoms with Crippen molar-refractivity contribution < 1.29 is 9.90 Å². The van der Waals surface area contributed by atoms with Gasteiger partial charge in [-0.1, -0.05) is 5.11 Å². The zero-order valence-electron chi connectivity index (χ0n) is 7.39. The highest BCUT2D eigenvalue weighted by atomic mass is 16.4. The molecule has 2 atom stereocenters. The Kier molecular flexibility index (Phi) is 3.58. The Morgan fingerprint density at radius 1 is 1.62 bits per heavy atom. The van der Waals surface area contributed by atoms with Crippen LogP contribution >= 0.6 is 0 Å². The third kappa shape index (κ3) is 2.95. The Hall–Kier alpha value is -1.22. The molecule has 5 heteroatoms. The minimum Gasteiger partial charge on any atom is -0.481 e. The van der Waals surface area contributed by atoms with Crippen molar-refractivity contribution in [2.75, 3.05) is 6.54 Å². The molecule has 0 aliphatic heterocycles. The predicted octanol–water partition coefficient (Wildman–Crippen LogP) is 2.19. The second-order valence-corrected chi connectivity index (χ2v) is 3.46. The van der Waals surface area contributed by atoms with Crippen LogP contribution in [0.2, 0.25) is 0 Å². The number of aliphatic carboxylic acids is 1. The van der Waals surface area contributed by atoms with Gasteiger partial charge in [0.05, 0.1) is 5.92 Å². The molecule has 1 aliphatic carbocycles. The molecule has 5 nitrogen and oxygen atoms in total. The van der Waals surface area contributed by atoms with Crippen molar-refractivity contribution in [2.24, 2.45) is 17.0 Å². The van der Waals surface area contributed by atoms with Crippen molar-refractivity contribution in [3.63, 3.8) is 0 Å². The first-order chi connectivity index (χ1) is 6.24. The molecule has 1 aliphatic rings. The van der Waals surface area contributed by atoms with Crippen LogP contribution in [0.25, 0.3) is 10.4 Å². The largest absolute Gasteiger partial charge is 0.481 e. The molecule has 2 unspecified atom stereocenters. The van der Waals surface area contributed by atoms with Gasteiger partial charge in [-0.2, -0.15) is 0 Å². The molecule has 1 N–H and O–H groups in total. The van der Waals surface area contributed by atoms with Gasteiger partial charge in [-0.05, 0) is 37.1 Å². The molecule has 0 aromatic heterocycles. The lowest BCUT2D eigenvalue weighted by Crippen LogP contribution is -2.09. The zero-order chi connectivity index (χ0) is 9.68. The van der Waals surface area contributed by atoms with Gasteiger partial charge in [-0.15, -0.1) is 0 Å². The van der Waals surface area contributed by atoms with Gasteiger partial charge < -0.3 is 5.11 Å². The highest BCUT2D eigenvalue weighted by Gasteiger charge is 2.28. The van der Waals surface area contributed by atoms with Gasteiger partial charge in [0.1, 0.15) is 0 Å². The topological polar surface area (TPSA) is 86.1 Å². The smallest absolute Gasteiger partial charge is 0.306 e. The van der Waals surface area contributed by atoms with E-state index in [-0.39, 0.29) is 5.92 Å². The van der Waals surface area contributed by atoms with E-state index < -0.39 is 5.97 Å². The number of carbonyl (C=O) groups is 1. The third-order valence-corrected chi connectivity index (χ3v) is 2.59. The van der Waals surface area contributed by atoms with E-state index in [4.69, 9.17) is 10.6 Å². The number of carboxylic acid groups (broad SMARTS) is 1. The van der Waals surface area contributed by atoms with Crippen molar-refractivity contribution in [2.45, 2.75) is 25.7 Å². The number of rotatable bonds is 4. The van der Waals surface area contributed by atoms with E-state index >= 15 is 0 Å². The quantitative estimate of drug-likeness (QED) is 0.411. The summed E-state index contributed by atoms with van der Waals surface area (Å²) < 4.78 is 0. The molecular weight excluding hydrogens is 170 g/mol. The van der Waals surface area contributed by atoms with E-state index in [1.54, 1.807) is 0 Å². The molecule has 0 bridgehead atoms. The van der Waals surface area contributed by atoms with Gasteiger partial charge in [0.15, 0.2) is 0 Å². The lowest BCUT2D eigenvalue weighted by molar-refractivity contribution is -0.141. The van der Waals surface area contributed by atoms with Crippen LogP contribution < -0.4 is 0 Å². The minimum atomic E-state index is -0.689. The van der Waals surface area contributed by atoms with Gasteiger partial charge in [0.25, 0.3) is 0 Å². The maximum absolute atomic E-state index is 10.6. The number of hydrogen-bond acceptors (Lipinski definition) is 2. The molecule has 0 aromatic rings. The van der Waals surface area contributed by atoms with E-state index in [1.165, 1.54) is 0 Å². The zero-order valence-corrected chi connectivity index (χ0v) is 7.39. The van der Waals surface area contributed by atoms with E-state index in [0.717, 1.165) is 25.7 Å². The molecule has 0 amide bonds. The number of hydrogen-bond donors (Lipinski definition) is 1. The SMILES string of the molecule is [N-]=[N+]=NCCC1CCC(C(=O)O)C1. The molecule has 1 fully saturated rings. The summed E-state index contributed by atoms with van der Waals surface area (Å²) in [6, 6.07) is 0. The van der Waals surface area contributed by atoms with E-state index in [0.29, 0.717) is 12.5 Å². The minimum absolute atomic E-state index is 0.170. The van der Waals surface area contributed by atoms with Crippen molar-refractivity contribution in [3.05, 3.63) is 10.4 Å². The number of nitrogens with zero attached hydrogens (tertiary/aromatic N) is 3. The van der Waals surface area contributed by atoms with Crippen LogP contribution in [0.15, 0.2) is 5.11 Å². The maximum Gasteiger partial charge on any atom is 0.306 e. The fraction of sp³-hybridized carbons (Fsp3) is 0.875. The van der Waals surface area contributed by atoms with Crippen LogP contribution in [0.5, 0.6) is 0 Å². The summed E-state index contributed by atoms with van der Waals surface area (Å²) in [4.78, 5) is 13.3. The standard InChI is InChI=1S/C8H13N3O2/c9-11-10-4-3-6-1-2-7(5-6)8(12)13/h6-7H,1-5H2,(H,12,13). The fourth-order valence-corrected chi connectivity index (χ4v) is 1.85. The molecule has 1 rings (SSSR count). The molecule has 0 saturated heterocycles. The van der Waals surface area contributed by atoms with Crippen LogP contribution in [0.4, 0.5) is 0 Å². The van der Waals surface area contributed by atoms with Crippen molar-refractivity contribution in [1.29, 1.82) is 0 Å². The Morgan fingerprint density at radius 3 is 2.92 bits per heavy atom. The van der Waals surface area contributed by atoms with Crippen LogP contribution in [-0.4, -0.2) is 17.6 Å². The summed E-state index contributed by atoms with van der Waals surface area (Å²) in [5, 5.41) is 12.2. The monoisotopic (exact) mass is 183 g/mol. The molecule has 1 saturated carbocycles. The summed E-state index contributed by atoms with van der Waals surface area (Å²) in [5.74, 6) is -0.422. The van der Waals surface area contributed by atoms with E-state index in [9.17, 15) is 4.79 Å². The average Bonchev–Trinajstić information content (AvgIpc) is 2.53. The summed E-state index contributed by atoms with van der Waals surface area (Å²) >= 11 is 0. The summed E-state index contributed by atoms with van der Waals surface area (Å²) in [5.41, 5.74) is 8.04. The van der Waals surface area contributed by atoms with Gasteiger partial charge in [0.2, 0.25) is 0 Å². The Morgan fingerprint density at radius 2 is 2.38 bits per heavy atom. The average molecular weight is 183 g/mol. The van der Waals surface area contributed by atoms with Crippen LogP contribution in [-0.2, 0) is 4.79 Å². The molecule has 13 heavy (non-hydrogen) atoms. The summed E-state index contributed by atoms with van der Waals surface area (Å²) in [6.07, 6.45) is 3.30. The Labute approximate surface area is 76.4 Å².